The second-order valence-electron chi connectivity index (χ2n) is 5.42. The lowest BCUT2D eigenvalue weighted by molar-refractivity contribution is -0.177. The van der Waals surface area contributed by atoms with Crippen molar-refractivity contribution in [2.24, 2.45) is 0 Å². The minimum absolute atomic E-state index is 0.0925. The standard InChI is InChI=1S/C15H18F3NO2S/c1-12-5-7-13(8-6-12)9-11-22(20,21)19-10-3-2-4-14(19)15(16,17)18/h5-9,11,14H,2-4,10H2,1H3/b11-9+. The minimum Gasteiger partial charge on any atom is -0.207 e. The molecule has 7 heteroatoms. The zero-order valence-electron chi connectivity index (χ0n) is 12.2. The lowest BCUT2D eigenvalue weighted by atomic mass is 10.1. The van der Waals surface area contributed by atoms with E-state index in [9.17, 15) is 21.6 Å². The van der Waals surface area contributed by atoms with Gasteiger partial charge in [-0.1, -0.05) is 36.2 Å². The Balaban J connectivity index is 2.22. The Morgan fingerprint density at radius 3 is 2.41 bits per heavy atom. The maximum absolute atomic E-state index is 13.0. The molecule has 0 aromatic heterocycles. The van der Waals surface area contributed by atoms with E-state index in [1.165, 1.54) is 6.08 Å². The van der Waals surface area contributed by atoms with Gasteiger partial charge < -0.3 is 0 Å². The highest BCUT2D eigenvalue weighted by molar-refractivity contribution is 7.92. The van der Waals surface area contributed by atoms with E-state index in [0.717, 1.165) is 11.0 Å². The third kappa shape index (κ3) is 4.10. The maximum atomic E-state index is 13.0. The summed E-state index contributed by atoms with van der Waals surface area (Å²) in [6.07, 6.45) is -2.55. The van der Waals surface area contributed by atoms with Crippen molar-refractivity contribution in [1.29, 1.82) is 0 Å². The molecular weight excluding hydrogens is 315 g/mol. The van der Waals surface area contributed by atoms with Gasteiger partial charge in [-0.15, -0.1) is 0 Å². The topological polar surface area (TPSA) is 37.4 Å². The van der Waals surface area contributed by atoms with Crippen molar-refractivity contribution in [3.8, 4) is 0 Å². The van der Waals surface area contributed by atoms with Crippen molar-refractivity contribution < 1.29 is 21.6 Å². The van der Waals surface area contributed by atoms with E-state index in [1.807, 2.05) is 19.1 Å². The molecule has 1 aromatic rings. The molecule has 1 aromatic carbocycles. The Kier molecular flexibility index (Phi) is 4.97. The summed E-state index contributed by atoms with van der Waals surface area (Å²) >= 11 is 0. The molecule has 3 nitrogen and oxygen atoms in total. The summed E-state index contributed by atoms with van der Waals surface area (Å²) in [5.41, 5.74) is 1.66. The summed E-state index contributed by atoms with van der Waals surface area (Å²) in [5, 5.41) is 0.863. The third-order valence-corrected chi connectivity index (χ3v) is 5.24. The van der Waals surface area contributed by atoms with Gasteiger partial charge in [-0.05, 0) is 31.4 Å². The molecule has 0 aliphatic carbocycles. The second kappa shape index (κ2) is 6.42. The van der Waals surface area contributed by atoms with Crippen LogP contribution >= 0.6 is 0 Å². The van der Waals surface area contributed by atoms with Crippen molar-refractivity contribution in [2.75, 3.05) is 6.54 Å². The molecule has 0 saturated carbocycles. The molecule has 0 spiro atoms. The largest absolute Gasteiger partial charge is 0.405 e. The number of benzene rings is 1. The predicted molar refractivity (Wildman–Crippen MR) is 79.5 cm³/mol. The van der Waals surface area contributed by atoms with Gasteiger partial charge in [0.05, 0.1) is 0 Å². The summed E-state index contributed by atoms with van der Waals surface area (Å²) in [4.78, 5) is 0. The van der Waals surface area contributed by atoms with Gasteiger partial charge in [0, 0.05) is 12.0 Å². The molecule has 0 bridgehead atoms. The van der Waals surface area contributed by atoms with E-state index in [0.29, 0.717) is 22.7 Å². The molecule has 1 aliphatic heterocycles. The van der Waals surface area contributed by atoms with E-state index in [4.69, 9.17) is 0 Å². The van der Waals surface area contributed by atoms with Gasteiger partial charge in [0.1, 0.15) is 6.04 Å². The van der Waals surface area contributed by atoms with Crippen LogP contribution in [-0.4, -0.2) is 31.5 Å². The number of halogens is 3. The predicted octanol–water partition coefficient (Wildman–Crippen LogP) is 3.71. The third-order valence-electron chi connectivity index (χ3n) is 3.67. The van der Waals surface area contributed by atoms with Crippen molar-refractivity contribution >= 4 is 16.1 Å². The van der Waals surface area contributed by atoms with Crippen molar-refractivity contribution in [1.82, 2.24) is 4.31 Å². The van der Waals surface area contributed by atoms with Crippen LogP contribution in [0.1, 0.15) is 30.4 Å². The Hall–Kier alpha value is -1.34. The van der Waals surface area contributed by atoms with E-state index < -0.39 is 22.2 Å². The molecule has 1 aliphatic rings. The second-order valence-corrected chi connectivity index (χ2v) is 7.19. The number of sulfonamides is 1. The SMILES string of the molecule is Cc1ccc(/C=C/S(=O)(=O)N2CCCCC2C(F)(F)F)cc1. The van der Waals surface area contributed by atoms with Crippen LogP contribution in [0.4, 0.5) is 13.2 Å². The first-order chi connectivity index (χ1) is 10.2. The van der Waals surface area contributed by atoms with Gasteiger partial charge in [-0.25, -0.2) is 8.42 Å². The van der Waals surface area contributed by atoms with Gasteiger partial charge in [0.25, 0.3) is 0 Å². The highest BCUT2D eigenvalue weighted by Gasteiger charge is 2.48. The quantitative estimate of drug-likeness (QED) is 0.845. The highest BCUT2D eigenvalue weighted by Crippen LogP contribution is 2.33. The molecule has 1 saturated heterocycles. The van der Waals surface area contributed by atoms with Crippen LogP contribution in [-0.2, 0) is 10.0 Å². The molecule has 1 heterocycles. The molecule has 1 atom stereocenters. The smallest absolute Gasteiger partial charge is 0.207 e. The number of nitrogens with zero attached hydrogens (tertiary/aromatic N) is 1. The Morgan fingerprint density at radius 1 is 1.18 bits per heavy atom. The van der Waals surface area contributed by atoms with Crippen LogP contribution in [0.15, 0.2) is 29.7 Å². The number of hydrogen-bond acceptors (Lipinski definition) is 2. The first kappa shape index (κ1) is 17.0. The van der Waals surface area contributed by atoms with Gasteiger partial charge in [0.15, 0.2) is 0 Å². The monoisotopic (exact) mass is 333 g/mol. The zero-order chi connectivity index (χ0) is 16.4. The van der Waals surface area contributed by atoms with E-state index in [1.54, 1.807) is 12.1 Å². The Labute approximate surface area is 128 Å². The molecule has 1 fully saturated rings. The van der Waals surface area contributed by atoms with Crippen LogP contribution in [0, 0.1) is 6.92 Å². The van der Waals surface area contributed by atoms with Gasteiger partial charge in [0.2, 0.25) is 10.0 Å². The van der Waals surface area contributed by atoms with Crippen LogP contribution in [0.2, 0.25) is 0 Å². The fraction of sp³-hybridized carbons (Fsp3) is 0.467. The number of piperidine rings is 1. The highest BCUT2D eigenvalue weighted by atomic mass is 32.2. The fourth-order valence-corrected chi connectivity index (χ4v) is 3.91. The molecule has 122 valence electrons. The number of rotatable bonds is 3. The lowest BCUT2D eigenvalue weighted by Gasteiger charge is -2.34. The molecule has 0 radical (unpaired) electrons. The van der Waals surface area contributed by atoms with E-state index >= 15 is 0 Å². The first-order valence-corrected chi connectivity index (χ1v) is 8.54. The van der Waals surface area contributed by atoms with Crippen molar-refractivity contribution in [2.45, 2.75) is 38.4 Å². The van der Waals surface area contributed by atoms with Crippen LogP contribution in [0.5, 0.6) is 0 Å². The van der Waals surface area contributed by atoms with Crippen molar-refractivity contribution in [3.63, 3.8) is 0 Å². The van der Waals surface area contributed by atoms with Crippen LogP contribution < -0.4 is 0 Å². The number of aryl methyl sites for hydroxylation is 1. The fourth-order valence-electron chi connectivity index (χ4n) is 2.46. The Bertz CT molecular complexity index is 636. The summed E-state index contributed by atoms with van der Waals surface area (Å²) in [5.74, 6) is 0. The molecule has 0 amide bonds. The van der Waals surface area contributed by atoms with E-state index in [2.05, 4.69) is 0 Å². The molecule has 1 unspecified atom stereocenters. The summed E-state index contributed by atoms with van der Waals surface area (Å²) in [6, 6.07) is 5.14. The van der Waals surface area contributed by atoms with Gasteiger partial charge in [-0.2, -0.15) is 17.5 Å². The average molecular weight is 333 g/mol. The summed E-state index contributed by atoms with van der Waals surface area (Å²) < 4.78 is 64.0. The molecule has 22 heavy (non-hydrogen) atoms. The molecular formula is C15H18F3NO2S. The normalized spacial score (nSPS) is 21.4. The molecule has 2 rings (SSSR count). The maximum Gasteiger partial charge on any atom is 0.405 e. The zero-order valence-corrected chi connectivity index (χ0v) is 13.0. The Morgan fingerprint density at radius 2 is 1.82 bits per heavy atom. The van der Waals surface area contributed by atoms with Gasteiger partial charge in [-0.3, -0.25) is 0 Å². The summed E-state index contributed by atoms with van der Waals surface area (Å²) in [7, 11) is -4.09. The number of hydrogen-bond donors (Lipinski definition) is 0. The minimum atomic E-state index is -4.54. The lowest BCUT2D eigenvalue weighted by Crippen LogP contribution is -2.50. The first-order valence-electron chi connectivity index (χ1n) is 7.03. The van der Waals surface area contributed by atoms with Crippen LogP contribution in [0.25, 0.3) is 6.08 Å². The average Bonchev–Trinajstić information content (AvgIpc) is 2.46. The number of alkyl halides is 3. The van der Waals surface area contributed by atoms with Crippen molar-refractivity contribution in [3.05, 3.63) is 40.8 Å². The van der Waals surface area contributed by atoms with E-state index in [-0.39, 0.29) is 13.0 Å². The summed E-state index contributed by atoms with van der Waals surface area (Å²) in [6.45, 7) is 1.80. The van der Waals surface area contributed by atoms with Gasteiger partial charge >= 0.3 is 6.18 Å². The van der Waals surface area contributed by atoms with Crippen LogP contribution in [0.3, 0.4) is 0 Å². The molecule has 0 N–H and O–H groups in total.